The number of H-pyrrole nitrogens is 4. The summed E-state index contributed by atoms with van der Waals surface area (Å²) in [6, 6.07) is 16.4. The molecule has 8 nitrogen and oxygen atoms in total. The van der Waals surface area contributed by atoms with Crippen LogP contribution >= 0.6 is 0 Å². The Kier molecular flexibility index (Phi) is 4.29. The Morgan fingerprint density at radius 2 is 0.900 bits per heavy atom. The zero-order chi connectivity index (χ0) is 26.2. The van der Waals surface area contributed by atoms with Crippen molar-refractivity contribution in [3.63, 3.8) is 0 Å². The molecule has 4 aromatic heterocycles. The van der Waals surface area contributed by atoms with Gasteiger partial charge in [-0.1, -0.05) is 85.0 Å². The number of aromatic nitrogens is 4. The average molecular weight is 519 g/mol. The summed E-state index contributed by atoms with van der Waals surface area (Å²) in [6.07, 6.45) is 14.6. The van der Waals surface area contributed by atoms with Gasteiger partial charge in [-0.2, -0.15) is 0 Å². The van der Waals surface area contributed by atoms with E-state index in [1.807, 2.05) is 24.3 Å². The van der Waals surface area contributed by atoms with Gasteiger partial charge in [0.05, 0.1) is 0 Å². The fourth-order valence-corrected chi connectivity index (χ4v) is 5.94. The number of benzene rings is 2. The van der Waals surface area contributed by atoms with Gasteiger partial charge in [0.1, 0.15) is 45.2 Å². The molecule has 0 atom stereocenters. The number of aromatic amines is 4. The monoisotopic (exact) mass is 518 g/mol. The molecule has 2 aliphatic carbocycles. The van der Waals surface area contributed by atoms with E-state index in [2.05, 4.69) is 80.7 Å². The molecule has 6 aromatic rings. The van der Waals surface area contributed by atoms with Crippen LogP contribution in [-0.4, -0.2) is 19.9 Å². The van der Waals surface area contributed by atoms with Gasteiger partial charge in [0.2, 0.25) is 0 Å². The molecule has 8 heteroatoms. The maximum atomic E-state index is 5.11. The van der Waals surface area contributed by atoms with Crippen molar-refractivity contribution in [2.75, 3.05) is 0 Å². The predicted octanol–water partition coefficient (Wildman–Crippen LogP) is 3.82. The summed E-state index contributed by atoms with van der Waals surface area (Å²) in [5.74, 6) is 3.01. The van der Waals surface area contributed by atoms with Crippen LogP contribution in [0.2, 0.25) is 0 Å². The Hall–Kier alpha value is -5.50. The number of fused-ring (bicyclic) bond motifs is 20. The standard InChI is InChI=1S/C32H22N8/c1-2-10-18-17(9-1)25-33-26(18)38-28-21-13-5-6-14-22(21)30(35-28)40-32-24-16-8-7-15-23(24)31(36-32)39-29-20-12-4-3-11-19(20)27(34-29)37-25/h1-5,8-16,34H,6-7H2,(H,35,40)(H,36,39)(H,33,37,38). The molecule has 0 saturated carbocycles. The smallest absolute Gasteiger partial charge is 0.142 e. The van der Waals surface area contributed by atoms with E-state index >= 15 is 0 Å². The minimum atomic E-state index is 0.741. The lowest BCUT2D eigenvalue weighted by molar-refractivity contribution is 1.07. The lowest BCUT2D eigenvalue weighted by atomic mass is 10.1. The van der Waals surface area contributed by atoms with Crippen LogP contribution < -0.4 is 32.4 Å². The summed E-state index contributed by atoms with van der Waals surface area (Å²) >= 11 is 0. The van der Waals surface area contributed by atoms with E-state index in [1.165, 1.54) is 0 Å². The van der Waals surface area contributed by atoms with Crippen LogP contribution in [0.1, 0.15) is 24.0 Å². The zero-order valence-electron chi connectivity index (χ0n) is 21.3. The first kappa shape index (κ1) is 21.4. The Morgan fingerprint density at radius 3 is 1.45 bits per heavy atom. The van der Waals surface area contributed by atoms with Crippen LogP contribution in [0.3, 0.4) is 0 Å². The van der Waals surface area contributed by atoms with Gasteiger partial charge in [-0.25, -0.2) is 20.0 Å². The van der Waals surface area contributed by atoms with Crippen LogP contribution in [0.25, 0.3) is 45.8 Å². The summed E-state index contributed by atoms with van der Waals surface area (Å²) < 4.78 is 0. The lowest BCUT2D eigenvalue weighted by Gasteiger charge is -1.97. The summed E-state index contributed by atoms with van der Waals surface area (Å²) in [5.41, 5.74) is 5.08. The molecule has 190 valence electrons. The molecule has 0 radical (unpaired) electrons. The van der Waals surface area contributed by atoms with E-state index in [-0.39, 0.29) is 0 Å². The van der Waals surface area contributed by atoms with Crippen molar-refractivity contribution < 1.29 is 0 Å². The lowest BCUT2D eigenvalue weighted by Crippen LogP contribution is -2.25. The number of hydrogen-bond acceptors (Lipinski definition) is 4. The number of nitrogens with one attached hydrogen (secondary N) is 4. The van der Waals surface area contributed by atoms with Crippen LogP contribution in [0.4, 0.5) is 23.3 Å². The Bertz CT molecular complexity index is 2490. The first-order chi connectivity index (χ1) is 19.8. The second kappa shape index (κ2) is 8.00. The number of hydrogen-bond donors (Lipinski definition) is 4. The molecule has 0 fully saturated rings. The first-order valence-electron chi connectivity index (χ1n) is 13.4. The number of allylic oxidation sites excluding steroid dienone is 2. The van der Waals surface area contributed by atoms with Gasteiger partial charge in [0.25, 0.3) is 0 Å². The van der Waals surface area contributed by atoms with Gasteiger partial charge in [0.15, 0.2) is 0 Å². The summed E-state index contributed by atoms with van der Waals surface area (Å²) in [5, 5.41) is 6.11. The van der Waals surface area contributed by atoms with Crippen LogP contribution in [0, 0.1) is 0 Å². The maximum absolute atomic E-state index is 5.11. The summed E-state index contributed by atoms with van der Waals surface area (Å²) in [4.78, 5) is 34.4. The maximum Gasteiger partial charge on any atom is 0.142 e. The first-order valence-corrected chi connectivity index (χ1v) is 13.4. The van der Waals surface area contributed by atoms with Gasteiger partial charge in [-0.3, -0.25) is 0 Å². The Balaban J connectivity index is 1.50. The molecule has 8 bridgehead atoms. The van der Waals surface area contributed by atoms with E-state index in [9.17, 15) is 0 Å². The second-order valence-corrected chi connectivity index (χ2v) is 10.2. The van der Waals surface area contributed by atoms with Crippen molar-refractivity contribution >= 4 is 69.1 Å². The van der Waals surface area contributed by atoms with Crippen molar-refractivity contribution in [2.45, 2.75) is 12.8 Å². The zero-order valence-corrected chi connectivity index (χ0v) is 21.3. The van der Waals surface area contributed by atoms with Gasteiger partial charge >= 0.3 is 0 Å². The van der Waals surface area contributed by atoms with E-state index in [4.69, 9.17) is 20.0 Å². The van der Waals surface area contributed by atoms with Crippen molar-refractivity contribution in [3.05, 3.63) is 104 Å². The Labute approximate surface area is 226 Å². The minimum absolute atomic E-state index is 0.741. The van der Waals surface area contributed by atoms with Gasteiger partial charge in [-0.05, 0) is 12.8 Å². The van der Waals surface area contributed by atoms with Crippen molar-refractivity contribution in [3.8, 4) is 0 Å². The molecule has 0 saturated heterocycles. The van der Waals surface area contributed by atoms with E-state index in [0.717, 1.165) is 101 Å². The summed E-state index contributed by atoms with van der Waals surface area (Å²) in [7, 11) is 0. The molecule has 1 aliphatic heterocycles. The third kappa shape index (κ3) is 3.07. The van der Waals surface area contributed by atoms with Gasteiger partial charge in [0, 0.05) is 43.1 Å². The highest BCUT2D eigenvalue weighted by atomic mass is 15.1. The van der Waals surface area contributed by atoms with Crippen LogP contribution in [0.15, 0.2) is 80.7 Å². The van der Waals surface area contributed by atoms with Crippen molar-refractivity contribution in [2.24, 2.45) is 20.0 Å². The van der Waals surface area contributed by atoms with Gasteiger partial charge in [-0.15, -0.1) is 0 Å². The quantitative estimate of drug-likeness (QED) is 0.234. The average Bonchev–Trinajstić information content (AvgIpc) is 3.73. The fraction of sp³-hybridized carbons (Fsp3) is 0.0625. The molecule has 2 aromatic carbocycles. The molecule has 40 heavy (non-hydrogen) atoms. The normalized spacial score (nSPS) is 18.2. The highest BCUT2D eigenvalue weighted by Crippen LogP contribution is 2.33. The molecule has 5 heterocycles. The van der Waals surface area contributed by atoms with E-state index in [1.54, 1.807) is 0 Å². The third-order valence-corrected chi connectivity index (χ3v) is 7.80. The second-order valence-electron chi connectivity index (χ2n) is 10.2. The van der Waals surface area contributed by atoms with Crippen molar-refractivity contribution in [1.29, 1.82) is 0 Å². The predicted molar refractivity (Wildman–Crippen MR) is 157 cm³/mol. The largest absolute Gasteiger partial charge is 0.324 e. The molecular weight excluding hydrogens is 496 g/mol. The SMILES string of the molecule is C1=Cc2c3[nH]/c(c2=CC1)=N\c1[nH]/c(c2c1C=CCC=2)=N\c1[nH]c(c2ccccc12)/N=c1\[nH]/c(c2ccccc12)=N\3. The highest BCUT2D eigenvalue weighted by molar-refractivity contribution is 5.99. The molecule has 3 aliphatic rings. The minimum Gasteiger partial charge on any atom is -0.324 e. The van der Waals surface area contributed by atoms with Crippen LogP contribution in [0.5, 0.6) is 0 Å². The van der Waals surface area contributed by atoms with Gasteiger partial charge < -0.3 is 19.9 Å². The number of rotatable bonds is 0. The van der Waals surface area contributed by atoms with Crippen molar-refractivity contribution in [1.82, 2.24) is 19.9 Å². The van der Waals surface area contributed by atoms with Crippen LogP contribution in [-0.2, 0) is 0 Å². The molecule has 9 rings (SSSR count). The van der Waals surface area contributed by atoms with E-state index in [0.29, 0.717) is 0 Å². The molecule has 4 N–H and O–H groups in total. The molecule has 0 amide bonds. The third-order valence-electron chi connectivity index (χ3n) is 7.80. The number of nitrogens with zero attached hydrogens (tertiary/aromatic N) is 4. The molecule has 0 spiro atoms. The molecule has 0 unspecified atom stereocenters. The highest BCUT2D eigenvalue weighted by Gasteiger charge is 2.15. The molecular formula is C32H22N8. The fourth-order valence-electron chi connectivity index (χ4n) is 5.94. The summed E-state index contributed by atoms with van der Waals surface area (Å²) in [6.45, 7) is 0. The Morgan fingerprint density at radius 1 is 0.450 bits per heavy atom. The topological polar surface area (TPSA) is 113 Å². The van der Waals surface area contributed by atoms with E-state index < -0.39 is 0 Å².